The van der Waals surface area contributed by atoms with Crippen molar-refractivity contribution in [3.05, 3.63) is 52.6 Å². The van der Waals surface area contributed by atoms with Crippen LogP contribution in [0.25, 0.3) is 5.69 Å². The van der Waals surface area contributed by atoms with E-state index in [-0.39, 0.29) is 11.7 Å². The summed E-state index contributed by atoms with van der Waals surface area (Å²) in [5, 5.41) is 12.0. The van der Waals surface area contributed by atoms with Gasteiger partial charge >= 0.3 is 11.7 Å². The second kappa shape index (κ2) is 12.9. The Kier molecular flexibility index (Phi) is 9.26. The molecular formula is C30H44N8O4. The minimum atomic E-state index is -1.35. The van der Waals surface area contributed by atoms with Crippen LogP contribution in [-0.2, 0) is 11.3 Å². The van der Waals surface area contributed by atoms with Crippen molar-refractivity contribution in [2.24, 2.45) is 17.4 Å². The summed E-state index contributed by atoms with van der Waals surface area (Å²) in [5.41, 5.74) is 12.1. The Morgan fingerprint density at radius 3 is 2.26 bits per heavy atom. The summed E-state index contributed by atoms with van der Waals surface area (Å²) in [4.78, 5) is 47.9. The Morgan fingerprint density at radius 1 is 1.02 bits per heavy atom. The zero-order valence-corrected chi connectivity index (χ0v) is 24.5. The molecule has 3 amide bonds. The van der Waals surface area contributed by atoms with Gasteiger partial charge in [-0.05, 0) is 75.1 Å². The molecule has 3 fully saturated rings. The lowest BCUT2D eigenvalue weighted by Gasteiger charge is -2.37. The maximum Gasteiger partial charge on any atom is 0.354 e. The van der Waals surface area contributed by atoms with Crippen LogP contribution in [0.15, 0.2) is 41.3 Å². The lowest BCUT2D eigenvalue weighted by Crippen LogP contribution is -2.60. The fourth-order valence-corrected chi connectivity index (χ4v) is 5.84. The summed E-state index contributed by atoms with van der Waals surface area (Å²) >= 11 is 0. The maximum absolute atomic E-state index is 12.9. The van der Waals surface area contributed by atoms with E-state index in [1.165, 1.54) is 29.9 Å². The van der Waals surface area contributed by atoms with Gasteiger partial charge in [0, 0.05) is 57.5 Å². The highest BCUT2D eigenvalue weighted by molar-refractivity contribution is 5.89. The SMILES string of the molecule is C[C@](N)(CO)C(=O)N1CCN(C(=O)Nc2ccn(-c3ccc(CN(CC4CC4)C4CCC(N)CC4)cc3)c(=O)n2)CC1. The van der Waals surface area contributed by atoms with Gasteiger partial charge in [-0.25, -0.2) is 9.59 Å². The van der Waals surface area contributed by atoms with Crippen molar-refractivity contribution in [3.8, 4) is 5.69 Å². The van der Waals surface area contributed by atoms with E-state index in [0.29, 0.717) is 44.0 Å². The minimum Gasteiger partial charge on any atom is -0.394 e. The van der Waals surface area contributed by atoms with Gasteiger partial charge < -0.3 is 26.4 Å². The van der Waals surface area contributed by atoms with Gasteiger partial charge in [0.1, 0.15) is 11.4 Å². The number of aliphatic hydroxyl groups is 1. The molecular weight excluding hydrogens is 536 g/mol. The van der Waals surface area contributed by atoms with Crippen LogP contribution in [0, 0.1) is 5.92 Å². The number of rotatable bonds is 9. The largest absolute Gasteiger partial charge is 0.394 e. The molecule has 0 radical (unpaired) electrons. The molecule has 1 saturated heterocycles. The van der Waals surface area contributed by atoms with E-state index < -0.39 is 23.9 Å². The van der Waals surface area contributed by atoms with E-state index in [4.69, 9.17) is 11.5 Å². The quantitative estimate of drug-likeness (QED) is 0.343. The fraction of sp³-hybridized carbons (Fsp3) is 0.600. The lowest BCUT2D eigenvalue weighted by atomic mass is 9.90. The highest BCUT2D eigenvalue weighted by Gasteiger charge is 2.34. The number of amides is 3. The van der Waals surface area contributed by atoms with Crippen molar-refractivity contribution in [2.75, 3.05) is 44.6 Å². The maximum atomic E-state index is 12.9. The van der Waals surface area contributed by atoms with Gasteiger partial charge in [0.2, 0.25) is 5.91 Å². The number of anilines is 1. The number of nitrogens with one attached hydrogen (secondary N) is 1. The molecule has 1 aliphatic heterocycles. The number of carbonyl (C=O) groups is 2. The van der Waals surface area contributed by atoms with Crippen LogP contribution in [0.3, 0.4) is 0 Å². The van der Waals surface area contributed by atoms with Crippen molar-refractivity contribution in [1.29, 1.82) is 0 Å². The molecule has 1 aromatic heterocycles. The number of aliphatic hydroxyl groups excluding tert-OH is 1. The molecule has 12 heteroatoms. The van der Waals surface area contributed by atoms with E-state index in [2.05, 4.69) is 27.3 Å². The normalized spacial score (nSPS) is 22.6. The van der Waals surface area contributed by atoms with E-state index in [1.54, 1.807) is 22.1 Å². The molecule has 2 heterocycles. The molecule has 228 valence electrons. The molecule has 5 rings (SSSR count). The third-order valence-electron chi connectivity index (χ3n) is 8.76. The molecule has 1 atom stereocenters. The molecule has 1 aromatic carbocycles. The number of piperazine rings is 1. The molecule has 2 saturated carbocycles. The van der Waals surface area contributed by atoms with Gasteiger partial charge in [0.05, 0.1) is 12.3 Å². The number of urea groups is 1. The first-order valence-electron chi connectivity index (χ1n) is 15.1. The van der Waals surface area contributed by atoms with E-state index in [0.717, 1.165) is 44.7 Å². The monoisotopic (exact) mass is 580 g/mol. The summed E-state index contributed by atoms with van der Waals surface area (Å²) in [7, 11) is 0. The average Bonchev–Trinajstić information content (AvgIpc) is 3.82. The third kappa shape index (κ3) is 7.35. The Balaban J connectivity index is 1.16. The second-order valence-corrected chi connectivity index (χ2v) is 12.4. The van der Waals surface area contributed by atoms with E-state index in [9.17, 15) is 19.5 Å². The molecule has 2 aromatic rings. The molecule has 0 bridgehead atoms. The Morgan fingerprint density at radius 2 is 1.67 bits per heavy atom. The molecule has 0 spiro atoms. The van der Waals surface area contributed by atoms with Gasteiger partial charge in [0.25, 0.3) is 0 Å². The van der Waals surface area contributed by atoms with E-state index in [1.807, 2.05) is 12.1 Å². The predicted molar refractivity (Wildman–Crippen MR) is 160 cm³/mol. The Hall–Kier alpha value is -3.32. The van der Waals surface area contributed by atoms with Crippen LogP contribution in [0.2, 0.25) is 0 Å². The summed E-state index contributed by atoms with van der Waals surface area (Å²) in [6, 6.07) is 10.1. The van der Waals surface area contributed by atoms with Crippen LogP contribution in [0.5, 0.6) is 0 Å². The second-order valence-electron chi connectivity index (χ2n) is 12.4. The van der Waals surface area contributed by atoms with Crippen LogP contribution in [0.4, 0.5) is 10.6 Å². The van der Waals surface area contributed by atoms with E-state index >= 15 is 0 Å². The van der Waals surface area contributed by atoms with Crippen molar-refractivity contribution >= 4 is 17.8 Å². The van der Waals surface area contributed by atoms with Gasteiger partial charge in [-0.3, -0.25) is 19.6 Å². The predicted octanol–water partition coefficient (Wildman–Crippen LogP) is 1.10. The Bertz CT molecular complexity index is 1290. The standard InChI is InChI=1S/C30H44N8O4/c1-30(32,20-39)27(40)35-14-16-36(17-15-35)28(41)33-26-12-13-38(29(42)34-26)25-8-4-22(5-9-25)19-37(18-21-2-3-21)24-10-6-23(31)7-11-24/h4-5,8-9,12-13,21,23-24,39H,2-3,6-7,10-11,14-20,31-32H2,1H3,(H,33,34,41,42)/t23?,24?,30-/m0/s1. The van der Waals surface area contributed by atoms with Crippen molar-refractivity contribution in [1.82, 2.24) is 24.3 Å². The molecule has 42 heavy (non-hydrogen) atoms. The average molecular weight is 581 g/mol. The molecule has 2 aliphatic carbocycles. The summed E-state index contributed by atoms with van der Waals surface area (Å²) in [5.74, 6) is 0.624. The molecule has 12 nitrogen and oxygen atoms in total. The van der Waals surface area contributed by atoms with Gasteiger partial charge in [0.15, 0.2) is 0 Å². The Labute approximate surface area is 246 Å². The number of hydrogen-bond donors (Lipinski definition) is 4. The van der Waals surface area contributed by atoms with Crippen LogP contribution in [-0.4, -0.2) is 98.2 Å². The molecule has 0 unspecified atom stereocenters. The number of benzene rings is 1. The first-order chi connectivity index (χ1) is 20.1. The number of nitrogens with two attached hydrogens (primary N) is 2. The van der Waals surface area contributed by atoms with Gasteiger partial charge in [-0.15, -0.1) is 0 Å². The number of nitrogens with zero attached hydrogens (tertiary/aromatic N) is 5. The van der Waals surface area contributed by atoms with Gasteiger partial charge in [-0.2, -0.15) is 4.98 Å². The lowest BCUT2D eigenvalue weighted by molar-refractivity contribution is -0.139. The van der Waals surface area contributed by atoms with Crippen LogP contribution >= 0.6 is 0 Å². The van der Waals surface area contributed by atoms with Crippen LogP contribution in [0.1, 0.15) is 51.0 Å². The minimum absolute atomic E-state index is 0.161. The first-order valence-corrected chi connectivity index (χ1v) is 15.1. The highest BCUT2D eigenvalue weighted by atomic mass is 16.3. The number of aromatic nitrogens is 2. The molecule has 6 N–H and O–H groups in total. The summed E-state index contributed by atoms with van der Waals surface area (Å²) < 4.78 is 1.46. The zero-order valence-electron chi connectivity index (χ0n) is 24.5. The van der Waals surface area contributed by atoms with Crippen LogP contribution < -0.4 is 22.5 Å². The van der Waals surface area contributed by atoms with Crippen molar-refractivity contribution in [3.63, 3.8) is 0 Å². The summed E-state index contributed by atoms with van der Waals surface area (Å²) in [6.45, 7) is 4.27. The first kappa shape index (κ1) is 30.1. The third-order valence-corrected chi connectivity index (χ3v) is 8.76. The number of hydrogen-bond acceptors (Lipinski definition) is 8. The van der Waals surface area contributed by atoms with Crippen molar-refractivity contribution < 1.29 is 14.7 Å². The topological polar surface area (TPSA) is 163 Å². The zero-order chi connectivity index (χ0) is 29.9. The smallest absolute Gasteiger partial charge is 0.354 e. The summed E-state index contributed by atoms with van der Waals surface area (Å²) in [6.07, 6.45) is 8.76. The fourth-order valence-electron chi connectivity index (χ4n) is 5.84. The number of carbonyl (C=O) groups excluding carboxylic acids is 2. The van der Waals surface area contributed by atoms with Crippen molar-refractivity contribution in [2.45, 2.75) is 69.6 Å². The highest BCUT2D eigenvalue weighted by Crippen LogP contribution is 2.33. The molecule has 3 aliphatic rings. The van der Waals surface area contributed by atoms with Gasteiger partial charge in [-0.1, -0.05) is 12.1 Å².